The first-order valence-corrected chi connectivity index (χ1v) is 12.2. The number of hydrogen-bond acceptors (Lipinski definition) is 5. The van der Waals surface area contributed by atoms with Gasteiger partial charge in [-0.05, 0) is 68.6 Å². The molecule has 4 rings (SSSR count). The number of hydrogen-bond donors (Lipinski definition) is 1. The van der Waals surface area contributed by atoms with Gasteiger partial charge in [-0.1, -0.05) is 24.3 Å². The zero-order chi connectivity index (χ0) is 24.1. The summed E-state index contributed by atoms with van der Waals surface area (Å²) in [6.45, 7) is 11.7. The fourth-order valence-corrected chi connectivity index (χ4v) is 4.51. The van der Waals surface area contributed by atoms with Crippen molar-refractivity contribution in [1.29, 1.82) is 0 Å². The molecule has 1 N–H and O–H groups in total. The van der Waals surface area contributed by atoms with Crippen molar-refractivity contribution in [2.45, 2.75) is 40.0 Å². The molecule has 0 bridgehead atoms. The van der Waals surface area contributed by atoms with E-state index in [4.69, 9.17) is 0 Å². The highest BCUT2D eigenvalue weighted by Crippen LogP contribution is 2.25. The first kappa shape index (κ1) is 24.0. The molecular formula is C27H35N5O2. The normalized spacial score (nSPS) is 17.0. The predicted molar refractivity (Wildman–Crippen MR) is 138 cm³/mol. The SMILES string of the molecule is Cc1cccc(N2CCN(CCCNC(=O)C3=NN(c4cc(C)ccc4C)C(=O)CC3)CC2)c1. The summed E-state index contributed by atoms with van der Waals surface area (Å²) in [5.74, 6) is -0.248. The van der Waals surface area contributed by atoms with Gasteiger partial charge in [-0.2, -0.15) is 5.10 Å². The molecule has 2 aromatic carbocycles. The van der Waals surface area contributed by atoms with Crippen LogP contribution in [-0.2, 0) is 9.59 Å². The average Bonchev–Trinajstić information content (AvgIpc) is 2.84. The Kier molecular flexibility index (Phi) is 7.63. The lowest BCUT2D eigenvalue weighted by Crippen LogP contribution is -2.47. The number of benzene rings is 2. The number of carbonyl (C=O) groups excluding carboxylic acids is 2. The van der Waals surface area contributed by atoms with Crippen LogP contribution in [0.15, 0.2) is 47.6 Å². The van der Waals surface area contributed by atoms with Crippen molar-refractivity contribution in [3.63, 3.8) is 0 Å². The first-order chi connectivity index (χ1) is 16.4. The Hall–Kier alpha value is -3.19. The number of piperazine rings is 1. The van der Waals surface area contributed by atoms with E-state index >= 15 is 0 Å². The summed E-state index contributed by atoms with van der Waals surface area (Å²) in [6.07, 6.45) is 1.57. The fraction of sp³-hybridized carbons (Fsp3) is 0.444. The Bertz CT molecular complexity index is 1070. The lowest BCUT2D eigenvalue weighted by Gasteiger charge is -2.36. The van der Waals surface area contributed by atoms with Crippen LogP contribution in [0.3, 0.4) is 0 Å². The highest BCUT2D eigenvalue weighted by Gasteiger charge is 2.26. The molecule has 7 nitrogen and oxygen atoms in total. The molecule has 2 aromatic rings. The topological polar surface area (TPSA) is 68.2 Å². The van der Waals surface area contributed by atoms with Crippen LogP contribution in [-0.4, -0.2) is 61.7 Å². The van der Waals surface area contributed by atoms with Gasteiger partial charge in [-0.15, -0.1) is 0 Å². The van der Waals surface area contributed by atoms with Gasteiger partial charge in [0.15, 0.2) is 0 Å². The Balaban J connectivity index is 1.23. The quantitative estimate of drug-likeness (QED) is 0.642. The van der Waals surface area contributed by atoms with Gasteiger partial charge in [0.1, 0.15) is 5.71 Å². The van der Waals surface area contributed by atoms with E-state index in [-0.39, 0.29) is 11.8 Å². The summed E-state index contributed by atoms with van der Waals surface area (Å²) in [5.41, 5.74) is 5.78. The standard InChI is InChI=1S/C27H35N5O2/c1-20-6-4-7-23(18-20)31-16-14-30(15-17-31)13-5-12-28-27(34)24-10-11-26(33)32(29-24)25-19-21(2)8-9-22(25)3/h4,6-9,18-19H,5,10-17H2,1-3H3,(H,28,34). The van der Waals surface area contributed by atoms with Gasteiger partial charge in [0, 0.05) is 51.3 Å². The number of carbonyl (C=O) groups is 2. The maximum Gasteiger partial charge on any atom is 0.267 e. The first-order valence-electron chi connectivity index (χ1n) is 12.2. The molecule has 1 fully saturated rings. The van der Waals surface area contributed by atoms with Crippen molar-refractivity contribution in [3.05, 3.63) is 59.2 Å². The van der Waals surface area contributed by atoms with Crippen molar-refractivity contribution in [3.8, 4) is 0 Å². The summed E-state index contributed by atoms with van der Waals surface area (Å²) in [5, 5.41) is 8.82. The number of aryl methyl sites for hydroxylation is 3. The molecule has 34 heavy (non-hydrogen) atoms. The molecule has 0 spiro atoms. The molecule has 0 atom stereocenters. The zero-order valence-corrected chi connectivity index (χ0v) is 20.5. The van der Waals surface area contributed by atoms with Crippen molar-refractivity contribution >= 4 is 28.9 Å². The summed E-state index contributed by atoms with van der Waals surface area (Å²) in [7, 11) is 0. The van der Waals surface area contributed by atoms with Crippen molar-refractivity contribution < 1.29 is 9.59 Å². The average molecular weight is 462 g/mol. The van der Waals surface area contributed by atoms with E-state index in [2.05, 4.69) is 51.4 Å². The molecule has 2 heterocycles. The number of nitrogens with one attached hydrogen (secondary N) is 1. The van der Waals surface area contributed by atoms with Gasteiger partial charge < -0.3 is 10.2 Å². The number of amides is 2. The van der Waals surface area contributed by atoms with Crippen LogP contribution in [0.5, 0.6) is 0 Å². The minimum Gasteiger partial charge on any atom is -0.369 e. The molecule has 0 saturated carbocycles. The van der Waals surface area contributed by atoms with Gasteiger partial charge in [-0.3, -0.25) is 14.5 Å². The maximum atomic E-state index is 12.7. The van der Waals surface area contributed by atoms with Gasteiger partial charge in [-0.25, -0.2) is 5.01 Å². The summed E-state index contributed by atoms with van der Waals surface area (Å²) < 4.78 is 0. The largest absolute Gasteiger partial charge is 0.369 e. The number of hydrazone groups is 1. The van der Waals surface area contributed by atoms with E-state index in [0.717, 1.165) is 56.0 Å². The Morgan fingerprint density at radius 3 is 2.50 bits per heavy atom. The van der Waals surface area contributed by atoms with Gasteiger partial charge >= 0.3 is 0 Å². The van der Waals surface area contributed by atoms with Crippen LogP contribution in [0.4, 0.5) is 11.4 Å². The molecule has 2 aliphatic heterocycles. The molecule has 0 aliphatic carbocycles. The van der Waals surface area contributed by atoms with Gasteiger partial charge in [0.05, 0.1) is 5.69 Å². The van der Waals surface area contributed by atoms with Gasteiger partial charge in [0.2, 0.25) is 5.91 Å². The highest BCUT2D eigenvalue weighted by molar-refractivity contribution is 6.40. The second-order valence-electron chi connectivity index (χ2n) is 9.32. The van der Waals surface area contributed by atoms with Crippen molar-refractivity contribution in [1.82, 2.24) is 10.2 Å². The summed E-state index contributed by atoms with van der Waals surface area (Å²) in [6, 6.07) is 14.6. The Labute approximate surface area is 202 Å². The van der Waals surface area contributed by atoms with E-state index < -0.39 is 0 Å². The Morgan fingerprint density at radius 2 is 1.74 bits per heavy atom. The lowest BCUT2D eigenvalue weighted by molar-refractivity contribution is -0.119. The molecule has 1 saturated heterocycles. The predicted octanol–water partition coefficient (Wildman–Crippen LogP) is 3.42. The molecular weight excluding hydrogens is 426 g/mol. The number of anilines is 2. The van der Waals surface area contributed by atoms with Crippen LogP contribution in [0.2, 0.25) is 0 Å². The second-order valence-corrected chi connectivity index (χ2v) is 9.32. The third-order valence-corrected chi connectivity index (χ3v) is 6.56. The van der Waals surface area contributed by atoms with Gasteiger partial charge in [0.25, 0.3) is 5.91 Å². The van der Waals surface area contributed by atoms with E-state index in [9.17, 15) is 9.59 Å². The van der Waals surface area contributed by atoms with Crippen molar-refractivity contribution in [2.24, 2.45) is 5.10 Å². The smallest absolute Gasteiger partial charge is 0.267 e. The highest BCUT2D eigenvalue weighted by atomic mass is 16.2. The molecule has 0 radical (unpaired) electrons. The van der Waals surface area contributed by atoms with Crippen LogP contribution in [0, 0.1) is 20.8 Å². The molecule has 0 unspecified atom stereocenters. The number of rotatable bonds is 7. The number of nitrogens with zero attached hydrogens (tertiary/aromatic N) is 4. The molecule has 0 aromatic heterocycles. The molecule has 7 heteroatoms. The summed E-state index contributed by atoms with van der Waals surface area (Å²) in [4.78, 5) is 30.1. The zero-order valence-electron chi connectivity index (χ0n) is 20.5. The molecule has 2 amide bonds. The van der Waals surface area contributed by atoms with E-state index in [1.165, 1.54) is 16.3 Å². The van der Waals surface area contributed by atoms with Crippen molar-refractivity contribution in [2.75, 3.05) is 49.2 Å². The minimum atomic E-state index is -0.174. The van der Waals surface area contributed by atoms with E-state index in [1.54, 1.807) is 0 Å². The lowest BCUT2D eigenvalue weighted by atomic mass is 10.1. The molecule has 180 valence electrons. The minimum absolute atomic E-state index is 0.0740. The van der Waals surface area contributed by atoms with Crippen LogP contribution in [0.25, 0.3) is 0 Å². The maximum absolute atomic E-state index is 12.7. The van der Waals surface area contributed by atoms with Crippen LogP contribution in [0.1, 0.15) is 36.0 Å². The van der Waals surface area contributed by atoms with E-state index in [1.807, 2.05) is 32.0 Å². The third kappa shape index (κ3) is 5.83. The third-order valence-electron chi connectivity index (χ3n) is 6.56. The monoisotopic (exact) mass is 461 g/mol. The van der Waals surface area contributed by atoms with E-state index in [0.29, 0.717) is 25.1 Å². The molecule has 2 aliphatic rings. The Morgan fingerprint density at radius 1 is 0.971 bits per heavy atom. The summed E-state index contributed by atoms with van der Waals surface area (Å²) >= 11 is 0. The van der Waals surface area contributed by atoms with Crippen LogP contribution >= 0.6 is 0 Å². The van der Waals surface area contributed by atoms with Crippen LogP contribution < -0.4 is 15.2 Å². The fourth-order valence-electron chi connectivity index (χ4n) is 4.51. The second kappa shape index (κ2) is 10.8.